The summed E-state index contributed by atoms with van der Waals surface area (Å²) in [4.78, 5) is 0. The molecule has 0 aliphatic heterocycles. The van der Waals surface area contributed by atoms with E-state index >= 15 is 0 Å². The van der Waals surface area contributed by atoms with Crippen LogP contribution in [0.15, 0.2) is 84.9 Å². The van der Waals surface area contributed by atoms with Crippen molar-refractivity contribution in [1.82, 2.24) is 0 Å². The van der Waals surface area contributed by atoms with Gasteiger partial charge in [-0.05, 0) is 0 Å². The average Bonchev–Trinajstić information content (AvgIpc) is 2.60. The van der Waals surface area contributed by atoms with E-state index in [-0.39, 0.29) is 0 Å². The van der Waals surface area contributed by atoms with E-state index in [2.05, 4.69) is 84.9 Å². The second kappa shape index (κ2) is 5.73. The van der Waals surface area contributed by atoms with E-state index in [0.717, 1.165) is 23.9 Å². The summed E-state index contributed by atoms with van der Waals surface area (Å²) in [5.41, 5.74) is 2.70. The summed E-state index contributed by atoms with van der Waals surface area (Å²) in [6.45, 7) is 0. The third-order valence-electron chi connectivity index (χ3n) is 4.08. The van der Waals surface area contributed by atoms with Gasteiger partial charge in [-0.1, -0.05) is 0 Å². The van der Waals surface area contributed by atoms with Crippen LogP contribution >= 0.6 is 0 Å². The molecule has 0 bridgehead atoms. The van der Waals surface area contributed by atoms with Gasteiger partial charge in [-0.15, -0.1) is 0 Å². The van der Waals surface area contributed by atoms with Crippen molar-refractivity contribution in [1.29, 1.82) is 0 Å². The van der Waals surface area contributed by atoms with Crippen molar-refractivity contribution in [3.8, 4) is 0 Å². The predicted octanol–water partition coefficient (Wildman–Crippen LogP) is 5.11. The standard InChI is InChI=1S/C21H14.Hf/c1-3-7-20-14-16(9-11-18(20)5-1)13-17-10-12-19-6-2-4-8-21(19)15-17;/h1-12,14-15H;/q;+2. The molecule has 0 aliphatic rings. The van der Waals surface area contributed by atoms with Crippen LogP contribution in [0, 0.1) is 0 Å². The SMILES string of the molecule is [Hf+2]=[C](c1ccc2ccccc2c1)c1ccc2ccccc2c1. The van der Waals surface area contributed by atoms with Crippen LogP contribution in [0.3, 0.4) is 0 Å². The van der Waals surface area contributed by atoms with Gasteiger partial charge in [-0.3, -0.25) is 0 Å². The monoisotopic (exact) mass is 446 g/mol. The molecule has 4 rings (SSSR count). The minimum atomic E-state index is 1.03. The summed E-state index contributed by atoms with van der Waals surface area (Å²) in [5.74, 6) is 0. The zero-order valence-electron chi connectivity index (χ0n) is 12.1. The number of hydrogen-bond donors (Lipinski definition) is 0. The summed E-state index contributed by atoms with van der Waals surface area (Å²) in [5, 5.41) is 5.24. The van der Waals surface area contributed by atoms with Crippen LogP contribution in [0.1, 0.15) is 11.1 Å². The molecule has 0 radical (unpaired) electrons. The molecule has 0 saturated heterocycles. The summed E-state index contributed by atoms with van der Waals surface area (Å²) < 4.78 is 1.46. The van der Waals surface area contributed by atoms with Gasteiger partial charge in [-0.25, -0.2) is 0 Å². The van der Waals surface area contributed by atoms with Crippen LogP contribution in [-0.2, 0) is 23.9 Å². The Kier molecular flexibility index (Phi) is 3.59. The molecule has 0 aliphatic carbocycles. The van der Waals surface area contributed by atoms with Crippen molar-refractivity contribution in [2.75, 3.05) is 0 Å². The van der Waals surface area contributed by atoms with Gasteiger partial charge in [0.05, 0.1) is 0 Å². The molecular formula is C21H14Hf+2. The number of benzene rings is 4. The molecule has 0 nitrogen and oxygen atoms in total. The first kappa shape index (κ1) is 13.8. The maximum absolute atomic E-state index is 2.31. The van der Waals surface area contributed by atoms with E-state index in [0.29, 0.717) is 0 Å². The van der Waals surface area contributed by atoms with Crippen LogP contribution in [0.4, 0.5) is 0 Å². The van der Waals surface area contributed by atoms with Gasteiger partial charge >= 0.3 is 145 Å². The average molecular weight is 445 g/mol. The Morgan fingerprint density at radius 1 is 0.500 bits per heavy atom. The molecule has 0 atom stereocenters. The van der Waals surface area contributed by atoms with E-state index in [4.69, 9.17) is 0 Å². The van der Waals surface area contributed by atoms with Crippen LogP contribution in [0.5, 0.6) is 0 Å². The topological polar surface area (TPSA) is 0 Å². The molecule has 0 heterocycles. The van der Waals surface area contributed by atoms with Gasteiger partial charge in [0.2, 0.25) is 0 Å². The normalized spacial score (nSPS) is 11.0. The second-order valence-electron chi connectivity index (χ2n) is 5.50. The summed E-state index contributed by atoms with van der Waals surface area (Å²) in [6, 6.07) is 30.7. The third kappa shape index (κ3) is 2.50. The second-order valence-corrected chi connectivity index (χ2v) is 7.30. The van der Waals surface area contributed by atoms with Gasteiger partial charge < -0.3 is 0 Å². The molecule has 100 valence electrons. The molecule has 4 aromatic carbocycles. The first-order valence-corrected chi connectivity index (χ1v) is 9.18. The molecule has 0 saturated carbocycles. The Balaban J connectivity index is 1.80. The van der Waals surface area contributed by atoms with Gasteiger partial charge in [-0.2, -0.15) is 0 Å². The summed E-state index contributed by atoms with van der Waals surface area (Å²) in [6.07, 6.45) is 0. The number of hydrogen-bond acceptors (Lipinski definition) is 0. The van der Waals surface area contributed by atoms with E-state index in [9.17, 15) is 0 Å². The predicted molar refractivity (Wildman–Crippen MR) is 91.1 cm³/mol. The molecule has 0 N–H and O–H groups in total. The summed E-state index contributed by atoms with van der Waals surface area (Å²) >= 11 is 1.03. The molecule has 0 unspecified atom stereocenters. The molecule has 1 heteroatoms. The van der Waals surface area contributed by atoms with Crippen LogP contribution in [0.2, 0.25) is 0 Å². The Bertz CT molecular complexity index is 917. The van der Waals surface area contributed by atoms with Crippen LogP contribution in [-0.4, -0.2) is 3.26 Å². The van der Waals surface area contributed by atoms with Crippen molar-refractivity contribution in [2.45, 2.75) is 0 Å². The quantitative estimate of drug-likeness (QED) is 0.377. The molecule has 0 aromatic heterocycles. The number of fused-ring (bicyclic) bond motifs is 2. The molecule has 0 spiro atoms. The van der Waals surface area contributed by atoms with Crippen molar-refractivity contribution in [3.63, 3.8) is 0 Å². The van der Waals surface area contributed by atoms with Crippen molar-refractivity contribution < 1.29 is 23.9 Å². The minimum absolute atomic E-state index is 1.03. The molecular weight excluding hydrogens is 431 g/mol. The molecule has 0 amide bonds. The van der Waals surface area contributed by atoms with Gasteiger partial charge in [0, 0.05) is 0 Å². The van der Waals surface area contributed by atoms with Crippen molar-refractivity contribution >= 4 is 24.8 Å². The van der Waals surface area contributed by atoms with E-state index in [1.807, 2.05) is 0 Å². The number of rotatable bonds is 2. The van der Waals surface area contributed by atoms with E-state index in [1.54, 1.807) is 0 Å². The Hall–Kier alpha value is -1.86. The first-order valence-electron chi connectivity index (χ1n) is 7.38. The van der Waals surface area contributed by atoms with Gasteiger partial charge in [0.1, 0.15) is 0 Å². The van der Waals surface area contributed by atoms with Crippen molar-refractivity contribution in [3.05, 3.63) is 96.1 Å². The fraction of sp³-hybridized carbons (Fsp3) is 0. The Morgan fingerprint density at radius 2 is 0.909 bits per heavy atom. The third-order valence-corrected chi connectivity index (χ3v) is 6.15. The van der Waals surface area contributed by atoms with Crippen LogP contribution < -0.4 is 0 Å². The maximum atomic E-state index is 2.31. The van der Waals surface area contributed by atoms with E-state index in [1.165, 1.54) is 35.9 Å². The van der Waals surface area contributed by atoms with Gasteiger partial charge in [0.25, 0.3) is 0 Å². The molecule has 4 aromatic rings. The molecule has 22 heavy (non-hydrogen) atoms. The van der Waals surface area contributed by atoms with Crippen LogP contribution in [0.25, 0.3) is 21.5 Å². The summed E-state index contributed by atoms with van der Waals surface area (Å²) in [7, 11) is 0. The fourth-order valence-corrected chi connectivity index (χ4v) is 3.97. The van der Waals surface area contributed by atoms with E-state index < -0.39 is 0 Å². The Morgan fingerprint density at radius 3 is 1.36 bits per heavy atom. The fourth-order valence-electron chi connectivity index (χ4n) is 2.86. The van der Waals surface area contributed by atoms with Crippen molar-refractivity contribution in [2.24, 2.45) is 0 Å². The zero-order chi connectivity index (χ0) is 14.9. The zero-order valence-corrected chi connectivity index (χ0v) is 15.7. The first-order chi connectivity index (χ1) is 10.8. The van der Waals surface area contributed by atoms with Gasteiger partial charge in [0.15, 0.2) is 0 Å². The Labute approximate surface area is 144 Å². The molecule has 0 fully saturated rings.